The van der Waals surface area contributed by atoms with Crippen molar-refractivity contribution in [1.82, 2.24) is 5.32 Å². The minimum Gasteiger partial charge on any atom is -0.349 e. The smallest absolute Gasteiger partial charge is 0.349 e. The monoisotopic (exact) mass is 289 g/mol. The van der Waals surface area contributed by atoms with Crippen molar-refractivity contribution >= 4 is 5.91 Å². The lowest BCUT2D eigenvalue weighted by Crippen LogP contribution is -2.27. The molecule has 1 saturated carbocycles. The van der Waals surface area contributed by atoms with Crippen molar-refractivity contribution in [3.05, 3.63) is 35.1 Å². The highest BCUT2D eigenvalue weighted by atomic mass is 19.4. The van der Waals surface area contributed by atoms with Crippen molar-refractivity contribution in [3.63, 3.8) is 0 Å². The van der Waals surface area contributed by atoms with Gasteiger partial charge < -0.3 is 5.32 Å². The Bertz CT molecular complexity index is 512. The van der Waals surface area contributed by atoms with Gasteiger partial charge in [-0.2, -0.15) is 13.2 Å². The second-order valence-corrected chi connectivity index (χ2v) is 5.06. The quantitative estimate of drug-likeness (QED) is 0.840. The molecule has 1 amide bonds. The van der Waals surface area contributed by atoms with Gasteiger partial charge in [0.25, 0.3) is 5.91 Å². The zero-order chi connectivity index (χ0) is 14.9. The van der Waals surface area contributed by atoms with E-state index >= 15 is 0 Å². The molecule has 0 aliphatic heterocycles. The summed E-state index contributed by atoms with van der Waals surface area (Å²) >= 11 is 0. The lowest BCUT2D eigenvalue weighted by atomic mass is 10.1. The zero-order valence-electron chi connectivity index (χ0n) is 10.9. The van der Waals surface area contributed by atoms with Gasteiger partial charge in [-0.1, -0.05) is 13.3 Å². The van der Waals surface area contributed by atoms with E-state index in [1.807, 2.05) is 6.92 Å². The van der Waals surface area contributed by atoms with Gasteiger partial charge in [-0.15, -0.1) is 0 Å². The van der Waals surface area contributed by atoms with Gasteiger partial charge in [0.15, 0.2) is 0 Å². The Morgan fingerprint density at radius 1 is 1.40 bits per heavy atom. The van der Waals surface area contributed by atoms with Crippen LogP contribution in [0.4, 0.5) is 17.6 Å². The molecule has 1 aliphatic rings. The minimum absolute atomic E-state index is 0.0295. The predicted octanol–water partition coefficient (Wildman–Crippen LogP) is 3.76. The minimum atomic E-state index is -4.80. The first-order valence-corrected chi connectivity index (χ1v) is 6.50. The predicted molar refractivity (Wildman–Crippen MR) is 65.7 cm³/mol. The molecule has 0 bridgehead atoms. The normalized spacial score (nSPS) is 21.6. The number of benzene rings is 1. The molecule has 1 aromatic carbocycles. The van der Waals surface area contributed by atoms with E-state index < -0.39 is 23.5 Å². The standard InChI is InChI=1S/C14H15F4NO/c1-2-3-8-7-12(8)19-13(20)9-4-5-11(15)10(6-9)14(16,17)18/h4-6,8,12H,2-3,7H2,1H3,(H,19,20). The van der Waals surface area contributed by atoms with Gasteiger partial charge in [0, 0.05) is 11.6 Å². The Balaban J connectivity index is 2.08. The number of amides is 1. The topological polar surface area (TPSA) is 29.1 Å². The van der Waals surface area contributed by atoms with Crippen LogP contribution in [-0.4, -0.2) is 11.9 Å². The average molecular weight is 289 g/mol. The number of hydrogen-bond donors (Lipinski definition) is 1. The Kier molecular flexibility index (Phi) is 4.01. The molecule has 1 N–H and O–H groups in total. The van der Waals surface area contributed by atoms with E-state index in [1.165, 1.54) is 0 Å². The van der Waals surface area contributed by atoms with Crippen LogP contribution in [-0.2, 0) is 6.18 Å². The largest absolute Gasteiger partial charge is 0.419 e. The molecule has 2 nitrogen and oxygen atoms in total. The number of alkyl halides is 3. The fourth-order valence-corrected chi connectivity index (χ4v) is 2.25. The average Bonchev–Trinajstić information content (AvgIpc) is 3.06. The fraction of sp³-hybridized carbons (Fsp3) is 0.500. The molecule has 0 saturated heterocycles. The Morgan fingerprint density at radius 2 is 2.10 bits per heavy atom. The number of halogens is 4. The highest BCUT2D eigenvalue weighted by Gasteiger charge is 2.38. The van der Waals surface area contributed by atoms with E-state index in [0.717, 1.165) is 25.3 Å². The maximum absolute atomic E-state index is 13.1. The fourth-order valence-electron chi connectivity index (χ4n) is 2.25. The van der Waals surface area contributed by atoms with Crippen molar-refractivity contribution in [1.29, 1.82) is 0 Å². The second kappa shape index (κ2) is 5.42. The van der Waals surface area contributed by atoms with Crippen LogP contribution in [0.3, 0.4) is 0 Å². The van der Waals surface area contributed by atoms with Crippen LogP contribution >= 0.6 is 0 Å². The molecule has 1 aromatic rings. The number of rotatable bonds is 4. The maximum Gasteiger partial charge on any atom is 0.419 e. The molecule has 0 aromatic heterocycles. The summed E-state index contributed by atoms with van der Waals surface area (Å²) in [4.78, 5) is 11.8. The molecular formula is C14H15F4NO. The number of nitrogens with one attached hydrogen (secondary N) is 1. The highest BCUT2D eigenvalue weighted by molar-refractivity contribution is 5.94. The van der Waals surface area contributed by atoms with E-state index in [2.05, 4.69) is 5.32 Å². The van der Waals surface area contributed by atoms with Crippen LogP contribution in [0, 0.1) is 11.7 Å². The lowest BCUT2D eigenvalue weighted by molar-refractivity contribution is -0.140. The lowest BCUT2D eigenvalue weighted by Gasteiger charge is -2.10. The van der Waals surface area contributed by atoms with Crippen molar-refractivity contribution in [2.75, 3.05) is 0 Å². The summed E-state index contributed by atoms with van der Waals surface area (Å²) in [5.41, 5.74) is -1.58. The molecule has 0 heterocycles. The second-order valence-electron chi connectivity index (χ2n) is 5.06. The first kappa shape index (κ1) is 14.8. The molecule has 110 valence electrons. The maximum atomic E-state index is 13.1. The van der Waals surface area contributed by atoms with Gasteiger partial charge in [-0.05, 0) is 37.0 Å². The summed E-state index contributed by atoms with van der Waals surface area (Å²) in [6.45, 7) is 2.03. The van der Waals surface area contributed by atoms with Gasteiger partial charge in [-0.25, -0.2) is 4.39 Å². The Hall–Kier alpha value is -1.59. The summed E-state index contributed by atoms with van der Waals surface area (Å²) in [6.07, 6.45) is -1.95. The number of carbonyl (C=O) groups excluding carboxylic acids is 1. The van der Waals surface area contributed by atoms with E-state index in [0.29, 0.717) is 18.1 Å². The van der Waals surface area contributed by atoms with Gasteiger partial charge in [0.1, 0.15) is 5.82 Å². The van der Waals surface area contributed by atoms with Gasteiger partial charge >= 0.3 is 6.18 Å². The van der Waals surface area contributed by atoms with Crippen LogP contribution < -0.4 is 5.32 Å². The summed E-state index contributed by atoms with van der Waals surface area (Å²) in [5, 5.41) is 2.67. The summed E-state index contributed by atoms with van der Waals surface area (Å²) in [5.74, 6) is -1.55. The van der Waals surface area contributed by atoms with Crippen LogP contribution in [0.5, 0.6) is 0 Å². The third-order valence-electron chi connectivity index (χ3n) is 3.43. The zero-order valence-corrected chi connectivity index (χ0v) is 10.9. The van der Waals surface area contributed by atoms with E-state index in [9.17, 15) is 22.4 Å². The van der Waals surface area contributed by atoms with E-state index in [1.54, 1.807) is 0 Å². The van der Waals surface area contributed by atoms with Crippen LogP contribution in [0.1, 0.15) is 42.1 Å². The summed E-state index contributed by atoms with van der Waals surface area (Å²) in [7, 11) is 0. The van der Waals surface area contributed by atoms with Crippen molar-refractivity contribution in [3.8, 4) is 0 Å². The summed E-state index contributed by atoms with van der Waals surface area (Å²) < 4.78 is 50.8. The highest BCUT2D eigenvalue weighted by Crippen LogP contribution is 2.35. The van der Waals surface area contributed by atoms with E-state index in [-0.39, 0.29) is 11.6 Å². The summed E-state index contributed by atoms with van der Waals surface area (Å²) in [6, 6.07) is 2.33. The molecule has 2 atom stereocenters. The van der Waals surface area contributed by atoms with Gasteiger partial charge in [-0.3, -0.25) is 4.79 Å². The molecule has 1 aliphatic carbocycles. The molecule has 2 unspecified atom stereocenters. The molecule has 2 rings (SSSR count). The first-order chi connectivity index (χ1) is 9.32. The van der Waals surface area contributed by atoms with Crippen molar-refractivity contribution in [2.45, 2.75) is 38.4 Å². The third kappa shape index (κ3) is 3.29. The van der Waals surface area contributed by atoms with E-state index in [4.69, 9.17) is 0 Å². The number of carbonyl (C=O) groups is 1. The molecule has 1 fully saturated rings. The van der Waals surface area contributed by atoms with Crippen LogP contribution in [0.15, 0.2) is 18.2 Å². The van der Waals surface area contributed by atoms with Crippen molar-refractivity contribution < 1.29 is 22.4 Å². The molecule has 6 heteroatoms. The Labute approximate surface area is 114 Å². The van der Waals surface area contributed by atoms with Gasteiger partial charge in [0.2, 0.25) is 0 Å². The van der Waals surface area contributed by atoms with Crippen LogP contribution in [0.25, 0.3) is 0 Å². The molecule has 0 spiro atoms. The molecule has 0 radical (unpaired) electrons. The number of hydrogen-bond acceptors (Lipinski definition) is 1. The third-order valence-corrected chi connectivity index (χ3v) is 3.43. The Morgan fingerprint density at radius 3 is 2.70 bits per heavy atom. The van der Waals surface area contributed by atoms with Crippen molar-refractivity contribution in [2.24, 2.45) is 5.92 Å². The van der Waals surface area contributed by atoms with Gasteiger partial charge in [0.05, 0.1) is 5.56 Å². The SMILES string of the molecule is CCCC1CC1NC(=O)c1ccc(F)c(C(F)(F)F)c1. The van der Waals surface area contributed by atoms with Crippen LogP contribution in [0.2, 0.25) is 0 Å². The molecular weight excluding hydrogens is 274 g/mol. The molecule has 20 heavy (non-hydrogen) atoms. The first-order valence-electron chi connectivity index (χ1n) is 6.50.